The van der Waals surface area contributed by atoms with Gasteiger partial charge in [-0.3, -0.25) is 0 Å². The van der Waals surface area contributed by atoms with Crippen LogP contribution in [0.4, 0.5) is 0 Å². The molecule has 1 aromatic rings. The Labute approximate surface area is 69.8 Å². The summed E-state index contributed by atoms with van der Waals surface area (Å²) in [6.07, 6.45) is 3.65. The van der Waals surface area contributed by atoms with E-state index in [1.165, 1.54) is 19.3 Å². The zero-order valence-electron chi connectivity index (χ0n) is 6.09. The highest BCUT2D eigenvalue weighted by atomic mass is 35.5. The summed E-state index contributed by atoms with van der Waals surface area (Å²) in [5.74, 6) is 2.14. The second kappa shape index (κ2) is 2.81. The van der Waals surface area contributed by atoms with Crippen molar-refractivity contribution in [1.82, 2.24) is 10.2 Å². The van der Waals surface area contributed by atoms with Crippen molar-refractivity contribution in [2.45, 2.75) is 31.1 Å². The smallest absolute Gasteiger partial charge is 0.231 e. The predicted octanol–water partition coefficient (Wildman–Crippen LogP) is 2.08. The van der Waals surface area contributed by atoms with Crippen molar-refractivity contribution < 1.29 is 4.42 Å². The highest BCUT2D eigenvalue weighted by Crippen LogP contribution is 2.35. The molecule has 0 aliphatic heterocycles. The van der Waals surface area contributed by atoms with Crippen LogP contribution >= 0.6 is 11.6 Å². The number of hydrogen-bond acceptors (Lipinski definition) is 3. The molecule has 1 saturated carbocycles. The van der Waals surface area contributed by atoms with Gasteiger partial charge in [0, 0.05) is 5.92 Å². The average molecular weight is 173 g/mol. The van der Waals surface area contributed by atoms with Crippen molar-refractivity contribution >= 4 is 11.6 Å². The third-order valence-corrected chi connectivity index (χ3v) is 2.28. The van der Waals surface area contributed by atoms with Crippen LogP contribution in [0.2, 0.25) is 0 Å². The van der Waals surface area contributed by atoms with Crippen LogP contribution in [0.15, 0.2) is 4.42 Å². The van der Waals surface area contributed by atoms with E-state index in [1.807, 2.05) is 0 Å². The van der Waals surface area contributed by atoms with Gasteiger partial charge < -0.3 is 4.42 Å². The van der Waals surface area contributed by atoms with Crippen molar-refractivity contribution in [2.24, 2.45) is 0 Å². The number of hydrogen-bond donors (Lipinski definition) is 0. The Morgan fingerprint density at radius 3 is 2.73 bits per heavy atom. The molecule has 0 saturated heterocycles. The number of halogens is 1. The minimum Gasteiger partial charge on any atom is -0.424 e. The van der Waals surface area contributed by atoms with Gasteiger partial charge >= 0.3 is 0 Å². The van der Waals surface area contributed by atoms with Crippen LogP contribution < -0.4 is 0 Å². The van der Waals surface area contributed by atoms with Crippen LogP contribution in [0.5, 0.6) is 0 Å². The maximum atomic E-state index is 5.51. The van der Waals surface area contributed by atoms with Crippen molar-refractivity contribution in [2.75, 3.05) is 0 Å². The monoisotopic (exact) mass is 172 g/mol. The molecule has 0 amide bonds. The SMILES string of the molecule is ClCc1nnc(C2CCC2)o1. The number of nitrogens with zero attached hydrogens (tertiary/aromatic N) is 2. The van der Waals surface area contributed by atoms with Crippen molar-refractivity contribution in [3.8, 4) is 0 Å². The Morgan fingerprint density at radius 2 is 2.27 bits per heavy atom. The van der Waals surface area contributed by atoms with Crippen molar-refractivity contribution in [3.63, 3.8) is 0 Å². The third-order valence-electron chi connectivity index (χ3n) is 2.05. The third kappa shape index (κ3) is 1.25. The molecular weight excluding hydrogens is 164 g/mol. The highest BCUT2D eigenvalue weighted by molar-refractivity contribution is 6.16. The quantitative estimate of drug-likeness (QED) is 0.642. The summed E-state index contributed by atoms with van der Waals surface area (Å²) in [5.41, 5.74) is 0. The fourth-order valence-electron chi connectivity index (χ4n) is 1.14. The second-order valence-corrected chi connectivity index (χ2v) is 3.06. The Balaban J connectivity index is 2.11. The van der Waals surface area contributed by atoms with Crippen molar-refractivity contribution in [1.29, 1.82) is 0 Å². The highest BCUT2D eigenvalue weighted by Gasteiger charge is 2.24. The molecule has 1 heterocycles. The summed E-state index contributed by atoms with van der Waals surface area (Å²) in [5, 5.41) is 7.70. The van der Waals surface area contributed by atoms with Crippen LogP contribution in [0.25, 0.3) is 0 Å². The van der Waals surface area contributed by atoms with Gasteiger partial charge in [0.2, 0.25) is 11.8 Å². The summed E-state index contributed by atoms with van der Waals surface area (Å²) in [4.78, 5) is 0. The first kappa shape index (κ1) is 7.10. The minimum absolute atomic E-state index is 0.319. The summed E-state index contributed by atoms with van der Waals surface area (Å²) in [6, 6.07) is 0. The molecule has 1 aliphatic rings. The van der Waals surface area contributed by atoms with Crippen LogP contribution in [0.1, 0.15) is 37.0 Å². The summed E-state index contributed by atoms with van der Waals surface area (Å²) in [6.45, 7) is 0. The standard InChI is InChI=1S/C7H9ClN2O/c8-4-6-9-10-7(11-6)5-2-1-3-5/h5H,1-4H2. The molecule has 1 fully saturated rings. The molecule has 0 unspecified atom stereocenters. The first-order chi connectivity index (χ1) is 5.40. The van der Waals surface area contributed by atoms with E-state index in [9.17, 15) is 0 Å². The molecular formula is C7H9ClN2O. The molecule has 1 aliphatic carbocycles. The van der Waals surface area contributed by atoms with Gasteiger partial charge in [0.25, 0.3) is 0 Å². The molecule has 0 atom stereocenters. The zero-order chi connectivity index (χ0) is 7.68. The van der Waals surface area contributed by atoms with E-state index in [2.05, 4.69) is 10.2 Å². The fraction of sp³-hybridized carbons (Fsp3) is 0.714. The summed E-state index contributed by atoms with van der Waals surface area (Å²) >= 11 is 5.51. The van der Waals surface area contributed by atoms with E-state index in [1.54, 1.807) is 0 Å². The van der Waals surface area contributed by atoms with E-state index in [0.717, 1.165) is 5.89 Å². The van der Waals surface area contributed by atoms with Crippen LogP contribution in [-0.2, 0) is 5.88 Å². The summed E-state index contributed by atoms with van der Waals surface area (Å²) < 4.78 is 5.28. The lowest BCUT2D eigenvalue weighted by atomic mass is 9.85. The van der Waals surface area contributed by atoms with Gasteiger partial charge in [-0.15, -0.1) is 21.8 Å². The lowest BCUT2D eigenvalue weighted by Gasteiger charge is -2.20. The number of aromatic nitrogens is 2. The maximum Gasteiger partial charge on any atom is 0.231 e. The molecule has 4 heteroatoms. The molecule has 2 rings (SSSR count). The van der Waals surface area contributed by atoms with E-state index in [-0.39, 0.29) is 0 Å². The van der Waals surface area contributed by atoms with Crippen LogP contribution in [-0.4, -0.2) is 10.2 Å². The Morgan fingerprint density at radius 1 is 1.45 bits per heavy atom. The molecule has 3 nitrogen and oxygen atoms in total. The molecule has 0 radical (unpaired) electrons. The van der Waals surface area contributed by atoms with E-state index in [0.29, 0.717) is 17.7 Å². The Bertz CT molecular complexity index is 244. The molecule has 0 bridgehead atoms. The molecule has 60 valence electrons. The molecule has 0 spiro atoms. The van der Waals surface area contributed by atoms with Crippen molar-refractivity contribution in [3.05, 3.63) is 11.8 Å². The van der Waals surface area contributed by atoms with Gasteiger partial charge in [0.05, 0.1) is 0 Å². The molecule has 11 heavy (non-hydrogen) atoms. The first-order valence-corrected chi connectivity index (χ1v) is 4.32. The Hall–Kier alpha value is -0.570. The number of alkyl halides is 1. The van der Waals surface area contributed by atoms with Crippen LogP contribution in [0, 0.1) is 0 Å². The Kier molecular flexibility index (Phi) is 1.82. The van der Waals surface area contributed by atoms with Gasteiger partial charge in [-0.2, -0.15) is 0 Å². The predicted molar refractivity (Wildman–Crippen MR) is 40.4 cm³/mol. The molecule has 0 N–H and O–H groups in total. The van der Waals surface area contributed by atoms with Crippen LogP contribution in [0.3, 0.4) is 0 Å². The maximum absolute atomic E-state index is 5.51. The largest absolute Gasteiger partial charge is 0.424 e. The first-order valence-electron chi connectivity index (χ1n) is 3.78. The molecule has 0 aromatic carbocycles. The van der Waals surface area contributed by atoms with E-state index >= 15 is 0 Å². The van der Waals surface area contributed by atoms with Gasteiger partial charge in [-0.1, -0.05) is 6.42 Å². The zero-order valence-corrected chi connectivity index (χ0v) is 6.84. The van der Waals surface area contributed by atoms with Gasteiger partial charge in [0.1, 0.15) is 5.88 Å². The average Bonchev–Trinajstić information content (AvgIpc) is 2.32. The molecule has 1 aromatic heterocycles. The van der Waals surface area contributed by atoms with Gasteiger partial charge in [0.15, 0.2) is 0 Å². The van der Waals surface area contributed by atoms with Gasteiger partial charge in [-0.25, -0.2) is 0 Å². The fourth-order valence-corrected chi connectivity index (χ4v) is 1.25. The minimum atomic E-state index is 0.319. The number of rotatable bonds is 2. The van der Waals surface area contributed by atoms with E-state index in [4.69, 9.17) is 16.0 Å². The van der Waals surface area contributed by atoms with Gasteiger partial charge in [-0.05, 0) is 12.8 Å². The topological polar surface area (TPSA) is 38.9 Å². The second-order valence-electron chi connectivity index (χ2n) is 2.80. The lowest BCUT2D eigenvalue weighted by molar-refractivity contribution is 0.328. The normalized spacial score (nSPS) is 18.3. The summed E-state index contributed by atoms with van der Waals surface area (Å²) in [7, 11) is 0. The lowest BCUT2D eigenvalue weighted by Crippen LogP contribution is -2.08. The van der Waals surface area contributed by atoms with E-state index < -0.39 is 0 Å².